The molecule has 0 rings (SSSR count). The highest BCUT2D eigenvalue weighted by Gasteiger charge is 2.20. The fourth-order valence-electron chi connectivity index (χ4n) is 3.00. The van der Waals surface area contributed by atoms with E-state index in [4.69, 9.17) is 10.2 Å². The standard InChI is InChI=1S/C18H39NO4/c1-2-3-4-5-6-7-8-9-10-11-12-18(22)17-19(23,13-15-20)14-16-21/h18,20-22H,2-17H2,1H3. The normalized spacial score (nSPS) is 13.4. The zero-order valence-corrected chi connectivity index (χ0v) is 15.1. The molecule has 1 unspecified atom stereocenters. The molecular formula is C18H39NO4. The van der Waals surface area contributed by atoms with Crippen LogP contribution in [0.2, 0.25) is 0 Å². The van der Waals surface area contributed by atoms with Gasteiger partial charge in [0.25, 0.3) is 0 Å². The monoisotopic (exact) mass is 333 g/mol. The van der Waals surface area contributed by atoms with Gasteiger partial charge in [-0.05, 0) is 6.42 Å². The van der Waals surface area contributed by atoms with Gasteiger partial charge in [-0.15, -0.1) is 0 Å². The second kappa shape index (κ2) is 15.3. The molecule has 0 saturated heterocycles. The molecule has 0 heterocycles. The van der Waals surface area contributed by atoms with E-state index in [9.17, 15) is 10.3 Å². The highest BCUT2D eigenvalue weighted by Crippen LogP contribution is 2.14. The lowest BCUT2D eigenvalue weighted by molar-refractivity contribution is -0.884. The number of hydrogen-bond donors (Lipinski definition) is 3. The summed E-state index contributed by atoms with van der Waals surface area (Å²) < 4.78 is -0.702. The molecule has 0 aromatic rings. The van der Waals surface area contributed by atoms with E-state index in [0.29, 0.717) is 6.42 Å². The Morgan fingerprint density at radius 2 is 1.22 bits per heavy atom. The number of quaternary nitrogens is 1. The van der Waals surface area contributed by atoms with Crippen molar-refractivity contribution in [2.75, 3.05) is 32.8 Å². The minimum Gasteiger partial charge on any atom is -0.633 e. The van der Waals surface area contributed by atoms with Crippen LogP contribution in [-0.2, 0) is 0 Å². The van der Waals surface area contributed by atoms with Crippen LogP contribution in [0.3, 0.4) is 0 Å². The molecule has 0 spiro atoms. The van der Waals surface area contributed by atoms with Gasteiger partial charge in [0.15, 0.2) is 0 Å². The molecule has 140 valence electrons. The zero-order valence-electron chi connectivity index (χ0n) is 15.1. The highest BCUT2D eigenvalue weighted by molar-refractivity contribution is 4.58. The van der Waals surface area contributed by atoms with E-state index in [1.165, 1.54) is 51.4 Å². The molecule has 0 aliphatic carbocycles. The van der Waals surface area contributed by atoms with Crippen LogP contribution in [-0.4, -0.2) is 58.9 Å². The summed E-state index contributed by atoms with van der Waals surface area (Å²) >= 11 is 0. The number of rotatable bonds is 17. The summed E-state index contributed by atoms with van der Waals surface area (Å²) in [5, 5.41) is 40.1. The van der Waals surface area contributed by atoms with Gasteiger partial charge in [0.2, 0.25) is 0 Å². The van der Waals surface area contributed by atoms with E-state index in [-0.39, 0.29) is 32.8 Å². The quantitative estimate of drug-likeness (QED) is 0.217. The van der Waals surface area contributed by atoms with Gasteiger partial charge in [0, 0.05) is 0 Å². The maximum atomic E-state index is 12.3. The first-order valence-corrected chi connectivity index (χ1v) is 9.55. The minimum atomic E-state index is -0.702. The van der Waals surface area contributed by atoms with Gasteiger partial charge in [-0.2, -0.15) is 0 Å². The number of unbranched alkanes of at least 4 members (excludes halogenated alkanes) is 9. The first-order chi connectivity index (χ1) is 11.1. The lowest BCUT2D eigenvalue weighted by atomic mass is 10.0. The molecule has 0 aromatic heterocycles. The molecule has 5 heteroatoms. The largest absolute Gasteiger partial charge is 0.633 e. The minimum absolute atomic E-state index is 0.0374. The van der Waals surface area contributed by atoms with Gasteiger partial charge in [-0.3, -0.25) is 0 Å². The molecule has 1 atom stereocenters. The maximum Gasteiger partial charge on any atom is 0.105 e. The Labute approximate surface area is 142 Å². The summed E-state index contributed by atoms with van der Waals surface area (Å²) in [4.78, 5) is 0. The second-order valence-electron chi connectivity index (χ2n) is 6.76. The Hall–Kier alpha value is -0.200. The van der Waals surface area contributed by atoms with Crippen molar-refractivity contribution in [2.24, 2.45) is 0 Å². The topological polar surface area (TPSA) is 83.8 Å². The van der Waals surface area contributed by atoms with Crippen molar-refractivity contribution in [3.05, 3.63) is 5.21 Å². The van der Waals surface area contributed by atoms with Gasteiger partial charge in [0.05, 0.1) is 13.2 Å². The van der Waals surface area contributed by atoms with Crippen LogP contribution in [0.15, 0.2) is 0 Å². The van der Waals surface area contributed by atoms with Crippen LogP contribution >= 0.6 is 0 Å². The van der Waals surface area contributed by atoms with E-state index < -0.39 is 10.8 Å². The Bertz CT molecular complexity index is 245. The summed E-state index contributed by atoms with van der Waals surface area (Å²) in [5.74, 6) is 0. The molecule has 0 fully saturated rings. The SMILES string of the molecule is CCCCCCCCCCCCC(O)C[N+]([O-])(CCO)CCO. The van der Waals surface area contributed by atoms with Crippen LogP contribution in [0.5, 0.6) is 0 Å². The van der Waals surface area contributed by atoms with Crippen LogP contribution in [0.4, 0.5) is 0 Å². The molecule has 0 aliphatic rings. The Morgan fingerprint density at radius 1 is 0.783 bits per heavy atom. The first kappa shape index (κ1) is 22.8. The molecule has 0 aromatic carbocycles. The Kier molecular flexibility index (Phi) is 15.2. The van der Waals surface area contributed by atoms with Gasteiger partial charge in [-0.1, -0.05) is 71.1 Å². The van der Waals surface area contributed by atoms with E-state index in [1.54, 1.807) is 0 Å². The first-order valence-electron chi connectivity index (χ1n) is 9.55. The fourth-order valence-corrected chi connectivity index (χ4v) is 3.00. The van der Waals surface area contributed by atoms with Crippen LogP contribution in [0, 0.1) is 5.21 Å². The van der Waals surface area contributed by atoms with Gasteiger partial charge < -0.3 is 25.2 Å². The summed E-state index contributed by atoms with van der Waals surface area (Å²) in [5.41, 5.74) is 0. The summed E-state index contributed by atoms with van der Waals surface area (Å²) in [6.45, 7) is 1.95. The predicted octanol–water partition coefficient (Wildman–Crippen LogP) is 2.96. The summed E-state index contributed by atoms with van der Waals surface area (Å²) in [6, 6.07) is 0. The van der Waals surface area contributed by atoms with Crippen molar-refractivity contribution in [3.8, 4) is 0 Å². The Balaban J connectivity index is 3.56. The number of hydrogen-bond acceptors (Lipinski definition) is 4. The third-order valence-electron chi connectivity index (χ3n) is 4.45. The molecule has 3 N–H and O–H groups in total. The predicted molar refractivity (Wildman–Crippen MR) is 94.9 cm³/mol. The second-order valence-corrected chi connectivity index (χ2v) is 6.76. The van der Waals surface area contributed by atoms with Crippen molar-refractivity contribution in [1.29, 1.82) is 0 Å². The fraction of sp³-hybridized carbons (Fsp3) is 1.00. The van der Waals surface area contributed by atoms with Crippen LogP contribution < -0.4 is 0 Å². The van der Waals surface area contributed by atoms with Gasteiger partial charge in [-0.25, -0.2) is 0 Å². The zero-order chi connectivity index (χ0) is 17.4. The van der Waals surface area contributed by atoms with E-state index in [2.05, 4.69) is 6.92 Å². The van der Waals surface area contributed by atoms with Crippen LogP contribution in [0.1, 0.15) is 77.6 Å². The van der Waals surface area contributed by atoms with Crippen molar-refractivity contribution in [3.63, 3.8) is 0 Å². The third kappa shape index (κ3) is 13.9. The van der Waals surface area contributed by atoms with E-state index >= 15 is 0 Å². The molecule has 0 radical (unpaired) electrons. The number of aliphatic hydroxyl groups excluding tert-OH is 3. The van der Waals surface area contributed by atoms with Crippen molar-refractivity contribution in [1.82, 2.24) is 0 Å². The molecule has 0 aliphatic heterocycles. The van der Waals surface area contributed by atoms with Crippen molar-refractivity contribution < 1.29 is 20.0 Å². The molecule has 23 heavy (non-hydrogen) atoms. The number of aliphatic hydroxyl groups is 3. The highest BCUT2D eigenvalue weighted by atomic mass is 16.6. The smallest absolute Gasteiger partial charge is 0.105 e. The lowest BCUT2D eigenvalue weighted by Crippen LogP contribution is -2.50. The number of nitrogens with zero attached hydrogens (tertiary/aromatic N) is 1. The average Bonchev–Trinajstić information content (AvgIpc) is 2.49. The molecule has 0 bridgehead atoms. The average molecular weight is 334 g/mol. The van der Waals surface area contributed by atoms with Crippen LogP contribution in [0.25, 0.3) is 0 Å². The third-order valence-corrected chi connectivity index (χ3v) is 4.45. The maximum absolute atomic E-state index is 12.3. The van der Waals surface area contributed by atoms with Crippen molar-refractivity contribution >= 4 is 0 Å². The molecule has 0 saturated carbocycles. The molecular weight excluding hydrogens is 294 g/mol. The molecule has 5 nitrogen and oxygen atoms in total. The molecule has 0 amide bonds. The van der Waals surface area contributed by atoms with Crippen molar-refractivity contribution in [2.45, 2.75) is 83.7 Å². The summed E-state index contributed by atoms with van der Waals surface area (Å²) in [7, 11) is 0. The van der Waals surface area contributed by atoms with Gasteiger partial charge in [0.1, 0.15) is 25.7 Å². The summed E-state index contributed by atoms with van der Waals surface area (Å²) in [6.07, 6.45) is 12.5. The lowest BCUT2D eigenvalue weighted by Gasteiger charge is -2.43. The van der Waals surface area contributed by atoms with E-state index in [0.717, 1.165) is 12.8 Å². The Morgan fingerprint density at radius 3 is 1.65 bits per heavy atom. The van der Waals surface area contributed by atoms with E-state index in [1.807, 2.05) is 0 Å². The number of hydroxylamine groups is 3. The van der Waals surface area contributed by atoms with Gasteiger partial charge >= 0.3 is 0 Å².